The molecule has 2 fully saturated rings. The summed E-state index contributed by atoms with van der Waals surface area (Å²) in [7, 11) is 0. The third kappa shape index (κ3) is 3.29. The molecule has 0 aromatic carbocycles. The first-order valence-electron chi connectivity index (χ1n) is 7.01. The summed E-state index contributed by atoms with van der Waals surface area (Å²) in [5, 5.41) is 3.31. The third-order valence-electron chi connectivity index (χ3n) is 4.14. The SMILES string of the molecule is CC(C)NCCC(=O)C1CCOC2(CCC2)C1. The molecule has 1 spiro atoms. The number of rotatable bonds is 5. The van der Waals surface area contributed by atoms with E-state index in [1.165, 1.54) is 19.3 Å². The maximum absolute atomic E-state index is 12.1. The van der Waals surface area contributed by atoms with Crippen molar-refractivity contribution in [2.75, 3.05) is 13.2 Å². The Balaban J connectivity index is 1.75. The van der Waals surface area contributed by atoms with Crippen LogP contribution in [0, 0.1) is 5.92 Å². The molecule has 3 nitrogen and oxygen atoms in total. The number of hydrogen-bond acceptors (Lipinski definition) is 3. The molecule has 0 aromatic rings. The highest BCUT2D eigenvalue weighted by Crippen LogP contribution is 2.44. The Labute approximate surface area is 104 Å². The lowest BCUT2D eigenvalue weighted by Gasteiger charge is -2.46. The molecule has 0 bridgehead atoms. The van der Waals surface area contributed by atoms with Crippen LogP contribution in [-0.2, 0) is 9.53 Å². The quantitative estimate of drug-likeness (QED) is 0.800. The molecule has 98 valence electrons. The van der Waals surface area contributed by atoms with Crippen molar-refractivity contribution < 1.29 is 9.53 Å². The van der Waals surface area contributed by atoms with E-state index in [1.54, 1.807) is 0 Å². The van der Waals surface area contributed by atoms with Gasteiger partial charge in [0.25, 0.3) is 0 Å². The zero-order chi connectivity index (χ0) is 12.3. The molecule has 1 aliphatic heterocycles. The van der Waals surface area contributed by atoms with Gasteiger partial charge in [-0.05, 0) is 32.1 Å². The van der Waals surface area contributed by atoms with Gasteiger partial charge in [0.2, 0.25) is 0 Å². The molecule has 1 N–H and O–H groups in total. The molecule has 1 atom stereocenters. The molecule has 0 amide bonds. The first-order chi connectivity index (χ1) is 8.11. The first-order valence-corrected chi connectivity index (χ1v) is 7.01. The van der Waals surface area contributed by atoms with Crippen LogP contribution in [0.4, 0.5) is 0 Å². The van der Waals surface area contributed by atoms with E-state index in [0.29, 0.717) is 18.2 Å². The highest BCUT2D eigenvalue weighted by molar-refractivity contribution is 5.81. The fraction of sp³-hybridized carbons (Fsp3) is 0.929. The van der Waals surface area contributed by atoms with Crippen LogP contribution in [0.3, 0.4) is 0 Å². The lowest BCUT2D eigenvalue weighted by Crippen LogP contribution is -2.47. The Bertz CT molecular complexity index is 271. The minimum Gasteiger partial charge on any atom is -0.375 e. The van der Waals surface area contributed by atoms with Gasteiger partial charge in [0.05, 0.1) is 5.60 Å². The molecule has 1 saturated carbocycles. The summed E-state index contributed by atoms with van der Waals surface area (Å²) in [5.41, 5.74) is 0.101. The summed E-state index contributed by atoms with van der Waals surface area (Å²) < 4.78 is 5.86. The summed E-state index contributed by atoms with van der Waals surface area (Å²) in [5.74, 6) is 0.700. The van der Waals surface area contributed by atoms with Crippen LogP contribution in [0.1, 0.15) is 52.4 Å². The highest BCUT2D eigenvalue weighted by atomic mass is 16.5. The van der Waals surface area contributed by atoms with Crippen LogP contribution in [0.5, 0.6) is 0 Å². The molecule has 1 heterocycles. The van der Waals surface area contributed by atoms with E-state index in [-0.39, 0.29) is 11.5 Å². The fourth-order valence-electron chi connectivity index (χ4n) is 2.91. The van der Waals surface area contributed by atoms with E-state index in [9.17, 15) is 4.79 Å². The molecule has 0 aromatic heterocycles. The largest absolute Gasteiger partial charge is 0.375 e. The van der Waals surface area contributed by atoms with Crippen LogP contribution in [-0.4, -0.2) is 30.6 Å². The third-order valence-corrected chi connectivity index (χ3v) is 4.14. The van der Waals surface area contributed by atoms with Crippen molar-refractivity contribution in [2.24, 2.45) is 5.92 Å². The molecular formula is C14H25NO2. The fourth-order valence-corrected chi connectivity index (χ4v) is 2.91. The predicted molar refractivity (Wildman–Crippen MR) is 68.0 cm³/mol. The van der Waals surface area contributed by atoms with Crippen molar-refractivity contribution >= 4 is 5.78 Å². The van der Waals surface area contributed by atoms with Crippen LogP contribution in [0.15, 0.2) is 0 Å². The second-order valence-corrected chi connectivity index (χ2v) is 5.90. The maximum Gasteiger partial charge on any atom is 0.137 e. The van der Waals surface area contributed by atoms with Gasteiger partial charge >= 0.3 is 0 Å². The molecule has 1 aliphatic carbocycles. The van der Waals surface area contributed by atoms with E-state index in [0.717, 1.165) is 26.0 Å². The van der Waals surface area contributed by atoms with Gasteiger partial charge in [-0.3, -0.25) is 4.79 Å². The Morgan fingerprint density at radius 2 is 2.24 bits per heavy atom. The van der Waals surface area contributed by atoms with Gasteiger partial charge in [-0.15, -0.1) is 0 Å². The van der Waals surface area contributed by atoms with Gasteiger partial charge in [-0.2, -0.15) is 0 Å². The number of nitrogens with one attached hydrogen (secondary N) is 1. The Morgan fingerprint density at radius 1 is 1.47 bits per heavy atom. The van der Waals surface area contributed by atoms with E-state index in [2.05, 4.69) is 19.2 Å². The second-order valence-electron chi connectivity index (χ2n) is 5.90. The van der Waals surface area contributed by atoms with Crippen LogP contribution < -0.4 is 5.32 Å². The van der Waals surface area contributed by atoms with Crippen molar-refractivity contribution in [2.45, 2.75) is 64.0 Å². The van der Waals surface area contributed by atoms with Crippen molar-refractivity contribution in [3.63, 3.8) is 0 Å². The monoisotopic (exact) mass is 239 g/mol. The molecule has 1 saturated heterocycles. The first kappa shape index (κ1) is 13.0. The van der Waals surface area contributed by atoms with Crippen molar-refractivity contribution in [3.05, 3.63) is 0 Å². The number of carbonyl (C=O) groups excluding carboxylic acids is 1. The van der Waals surface area contributed by atoms with E-state index >= 15 is 0 Å². The molecule has 1 unspecified atom stereocenters. The van der Waals surface area contributed by atoms with Crippen molar-refractivity contribution in [1.82, 2.24) is 5.32 Å². The molecule has 0 radical (unpaired) electrons. The summed E-state index contributed by atoms with van der Waals surface area (Å²) in [6.45, 7) is 5.83. The highest BCUT2D eigenvalue weighted by Gasteiger charge is 2.43. The lowest BCUT2D eigenvalue weighted by atomic mass is 9.71. The van der Waals surface area contributed by atoms with Gasteiger partial charge in [-0.1, -0.05) is 13.8 Å². The minimum atomic E-state index is 0.101. The second kappa shape index (κ2) is 5.49. The Hall–Kier alpha value is -0.410. The summed E-state index contributed by atoms with van der Waals surface area (Å²) in [6, 6.07) is 0.468. The van der Waals surface area contributed by atoms with Gasteiger partial charge in [-0.25, -0.2) is 0 Å². The predicted octanol–water partition coefficient (Wildman–Crippen LogP) is 2.29. The zero-order valence-electron chi connectivity index (χ0n) is 11.1. The summed E-state index contributed by atoms with van der Waals surface area (Å²) in [6.07, 6.45) is 6.20. The molecule has 17 heavy (non-hydrogen) atoms. The standard InChI is InChI=1S/C14H25NO2/c1-11(2)15-8-4-13(16)12-5-9-17-14(10-12)6-3-7-14/h11-12,15H,3-10H2,1-2H3. The molecule has 2 rings (SSSR count). The Morgan fingerprint density at radius 3 is 2.82 bits per heavy atom. The van der Waals surface area contributed by atoms with E-state index in [1.807, 2.05) is 0 Å². The number of hydrogen-bond donors (Lipinski definition) is 1. The average Bonchev–Trinajstić information content (AvgIpc) is 2.26. The van der Waals surface area contributed by atoms with Crippen LogP contribution in [0.25, 0.3) is 0 Å². The number of ether oxygens (including phenoxy) is 1. The minimum absolute atomic E-state index is 0.101. The van der Waals surface area contributed by atoms with Crippen LogP contribution >= 0.6 is 0 Å². The zero-order valence-corrected chi connectivity index (χ0v) is 11.1. The maximum atomic E-state index is 12.1. The van der Waals surface area contributed by atoms with Crippen LogP contribution in [0.2, 0.25) is 0 Å². The lowest BCUT2D eigenvalue weighted by molar-refractivity contribution is -0.155. The van der Waals surface area contributed by atoms with Gasteiger partial charge < -0.3 is 10.1 Å². The number of ketones is 1. The normalized spacial score (nSPS) is 27.1. The molecule has 2 aliphatic rings. The van der Waals surface area contributed by atoms with Gasteiger partial charge in [0.1, 0.15) is 5.78 Å². The topological polar surface area (TPSA) is 38.3 Å². The Kier molecular flexibility index (Phi) is 4.21. The average molecular weight is 239 g/mol. The summed E-state index contributed by atoms with van der Waals surface area (Å²) in [4.78, 5) is 12.1. The van der Waals surface area contributed by atoms with Gasteiger partial charge in [0.15, 0.2) is 0 Å². The smallest absolute Gasteiger partial charge is 0.137 e. The van der Waals surface area contributed by atoms with E-state index in [4.69, 9.17) is 4.74 Å². The number of Topliss-reactive ketones (excluding diaryl/α,β-unsaturated/α-hetero) is 1. The number of carbonyl (C=O) groups is 1. The van der Waals surface area contributed by atoms with Crippen molar-refractivity contribution in [1.29, 1.82) is 0 Å². The molecular weight excluding hydrogens is 214 g/mol. The summed E-state index contributed by atoms with van der Waals surface area (Å²) >= 11 is 0. The van der Waals surface area contributed by atoms with Crippen molar-refractivity contribution in [3.8, 4) is 0 Å². The van der Waals surface area contributed by atoms with E-state index < -0.39 is 0 Å². The molecule has 3 heteroatoms. The van der Waals surface area contributed by atoms with Gasteiger partial charge in [0, 0.05) is 31.5 Å².